The van der Waals surface area contributed by atoms with E-state index in [-0.39, 0.29) is 17.9 Å². The van der Waals surface area contributed by atoms with Crippen molar-refractivity contribution < 1.29 is 14.3 Å². The summed E-state index contributed by atoms with van der Waals surface area (Å²) in [4.78, 5) is 12.7. The lowest BCUT2D eigenvalue weighted by Gasteiger charge is -2.42. The van der Waals surface area contributed by atoms with Crippen LogP contribution < -0.4 is 0 Å². The molecule has 3 nitrogen and oxygen atoms in total. The van der Waals surface area contributed by atoms with E-state index in [1.807, 2.05) is 0 Å². The summed E-state index contributed by atoms with van der Waals surface area (Å²) in [6.07, 6.45) is 21.8. The second-order valence-electron chi connectivity index (χ2n) is 10.4. The fourth-order valence-corrected chi connectivity index (χ4v) is 6.43. The highest BCUT2D eigenvalue weighted by molar-refractivity contribution is 5.61. The van der Waals surface area contributed by atoms with Gasteiger partial charge in [-0.3, -0.25) is 0 Å². The number of unbranched alkanes of at least 4 members (excludes halogenated alkanes) is 1. The van der Waals surface area contributed by atoms with Gasteiger partial charge < -0.3 is 9.47 Å². The lowest BCUT2D eigenvalue weighted by molar-refractivity contribution is -0.0860. The molecule has 3 saturated carbocycles. The quantitative estimate of drug-likeness (QED) is 0.381. The van der Waals surface area contributed by atoms with Crippen molar-refractivity contribution in [3.8, 4) is 0 Å². The predicted molar refractivity (Wildman–Crippen MR) is 119 cm³/mol. The molecule has 0 amide bonds. The molecule has 29 heavy (non-hydrogen) atoms. The highest BCUT2D eigenvalue weighted by Gasteiger charge is 2.41. The summed E-state index contributed by atoms with van der Waals surface area (Å²) in [5, 5.41) is 0. The standard InChI is InChI=1S/C26H46O3/c1-3-5-18-26(19-16-23(17-20-26)22-10-7-6-8-11-22)29-25(27)28-24-14-12-21(9-4-2)13-15-24/h21-24H,3-20H2,1-2H3. The maximum atomic E-state index is 12.7. The van der Waals surface area contributed by atoms with Crippen molar-refractivity contribution in [3.05, 3.63) is 0 Å². The van der Waals surface area contributed by atoms with Gasteiger partial charge in [0.2, 0.25) is 0 Å². The van der Waals surface area contributed by atoms with Gasteiger partial charge in [0, 0.05) is 0 Å². The third-order valence-electron chi connectivity index (χ3n) is 8.30. The number of hydrogen-bond acceptors (Lipinski definition) is 3. The zero-order chi connectivity index (χ0) is 20.5. The molecule has 0 bridgehead atoms. The van der Waals surface area contributed by atoms with Crippen molar-refractivity contribution in [2.75, 3.05) is 0 Å². The summed E-state index contributed by atoms with van der Waals surface area (Å²) in [5.74, 6) is 2.62. The minimum atomic E-state index is -0.379. The third kappa shape index (κ3) is 6.89. The van der Waals surface area contributed by atoms with Gasteiger partial charge in [-0.1, -0.05) is 65.2 Å². The summed E-state index contributed by atoms with van der Waals surface area (Å²) >= 11 is 0. The Bertz CT molecular complexity index is 466. The normalized spacial score (nSPS) is 33.9. The molecule has 0 aromatic heterocycles. The Labute approximate surface area is 179 Å². The van der Waals surface area contributed by atoms with Crippen LogP contribution in [0.25, 0.3) is 0 Å². The topological polar surface area (TPSA) is 35.5 Å². The molecule has 3 fully saturated rings. The average Bonchev–Trinajstić information content (AvgIpc) is 2.75. The van der Waals surface area contributed by atoms with Crippen molar-refractivity contribution in [1.82, 2.24) is 0 Å². The first kappa shape index (κ1) is 22.9. The first-order valence-electron chi connectivity index (χ1n) is 13.0. The molecule has 0 N–H and O–H groups in total. The number of hydrogen-bond donors (Lipinski definition) is 0. The molecule has 0 heterocycles. The predicted octanol–water partition coefficient (Wildman–Crippen LogP) is 8.20. The summed E-state index contributed by atoms with van der Waals surface area (Å²) < 4.78 is 11.9. The first-order chi connectivity index (χ1) is 14.1. The molecule has 0 aliphatic heterocycles. The maximum absolute atomic E-state index is 12.7. The van der Waals surface area contributed by atoms with Crippen LogP contribution in [0.3, 0.4) is 0 Å². The van der Waals surface area contributed by atoms with Crippen molar-refractivity contribution in [3.63, 3.8) is 0 Å². The minimum absolute atomic E-state index is 0.0809. The smallest absolute Gasteiger partial charge is 0.431 e. The van der Waals surface area contributed by atoms with Gasteiger partial charge in [-0.05, 0) is 82.0 Å². The summed E-state index contributed by atoms with van der Waals surface area (Å²) in [7, 11) is 0. The first-order valence-corrected chi connectivity index (χ1v) is 13.0. The van der Waals surface area contributed by atoms with Crippen LogP contribution in [-0.4, -0.2) is 17.9 Å². The monoisotopic (exact) mass is 406 g/mol. The Balaban J connectivity index is 1.47. The van der Waals surface area contributed by atoms with Gasteiger partial charge in [0.25, 0.3) is 0 Å². The van der Waals surface area contributed by atoms with Gasteiger partial charge in [0.15, 0.2) is 0 Å². The zero-order valence-electron chi connectivity index (χ0n) is 19.3. The Morgan fingerprint density at radius 2 is 1.48 bits per heavy atom. The van der Waals surface area contributed by atoms with Crippen LogP contribution in [0.5, 0.6) is 0 Å². The molecule has 0 aromatic rings. The fraction of sp³-hybridized carbons (Fsp3) is 0.962. The lowest BCUT2D eigenvalue weighted by Crippen LogP contribution is -2.41. The Morgan fingerprint density at radius 1 is 0.828 bits per heavy atom. The van der Waals surface area contributed by atoms with Crippen LogP contribution in [0.4, 0.5) is 4.79 Å². The second kappa shape index (κ2) is 11.6. The van der Waals surface area contributed by atoms with E-state index in [9.17, 15) is 4.79 Å². The molecule has 3 aliphatic carbocycles. The van der Waals surface area contributed by atoms with Crippen LogP contribution in [0, 0.1) is 17.8 Å². The van der Waals surface area contributed by atoms with Gasteiger partial charge >= 0.3 is 6.16 Å². The average molecular weight is 407 g/mol. The molecular formula is C26H46O3. The van der Waals surface area contributed by atoms with Crippen LogP contribution >= 0.6 is 0 Å². The van der Waals surface area contributed by atoms with Gasteiger partial charge in [-0.25, -0.2) is 4.79 Å². The van der Waals surface area contributed by atoms with E-state index in [0.29, 0.717) is 0 Å². The highest BCUT2D eigenvalue weighted by atomic mass is 16.7. The SMILES string of the molecule is CCCCC1(OC(=O)OC2CCC(CCC)CC2)CCC(C2CCCCC2)CC1. The van der Waals surface area contributed by atoms with E-state index in [1.54, 1.807) is 0 Å². The third-order valence-corrected chi connectivity index (χ3v) is 8.30. The number of rotatable bonds is 8. The highest BCUT2D eigenvalue weighted by Crippen LogP contribution is 2.44. The molecule has 0 saturated heterocycles. The Kier molecular flexibility index (Phi) is 9.18. The lowest BCUT2D eigenvalue weighted by atomic mass is 9.68. The molecule has 3 rings (SSSR count). The van der Waals surface area contributed by atoms with Gasteiger partial charge in [0.1, 0.15) is 11.7 Å². The van der Waals surface area contributed by atoms with Gasteiger partial charge in [0.05, 0.1) is 0 Å². The number of carbonyl (C=O) groups is 1. The summed E-state index contributed by atoms with van der Waals surface area (Å²) in [5.41, 5.74) is -0.252. The Morgan fingerprint density at radius 3 is 2.10 bits per heavy atom. The summed E-state index contributed by atoms with van der Waals surface area (Å²) in [6, 6.07) is 0. The van der Waals surface area contributed by atoms with Crippen molar-refractivity contribution in [2.45, 2.75) is 141 Å². The molecule has 0 atom stereocenters. The number of carbonyl (C=O) groups excluding carboxylic acids is 1. The van der Waals surface area contributed by atoms with E-state index in [0.717, 1.165) is 62.7 Å². The molecule has 3 aliphatic rings. The van der Waals surface area contributed by atoms with Crippen LogP contribution in [0.2, 0.25) is 0 Å². The Hall–Kier alpha value is -0.730. The van der Waals surface area contributed by atoms with Crippen molar-refractivity contribution in [2.24, 2.45) is 17.8 Å². The zero-order valence-corrected chi connectivity index (χ0v) is 19.3. The molecule has 168 valence electrons. The molecule has 0 radical (unpaired) electrons. The van der Waals surface area contributed by atoms with Crippen LogP contribution in [0.15, 0.2) is 0 Å². The molecule has 0 spiro atoms. The number of ether oxygens (including phenoxy) is 2. The fourth-order valence-electron chi connectivity index (χ4n) is 6.43. The van der Waals surface area contributed by atoms with E-state index in [2.05, 4.69) is 13.8 Å². The van der Waals surface area contributed by atoms with Crippen molar-refractivity contribution >= 4 is 6.16 Å². The molecule has 3 heteroatoms. The minimum Gasteiger partial charge on any atom is -0.431 e. The van der Waals surface area contributed by atoms with Crippen LogP contribution in [-0.2, 0) is 9.47 Å². The van der Waals surface area contributed by atoms with Crippen molar-refractivity contribution in [1.29, 1.82) is 0 Å². The van der Waals surface area contributed by atoms with E-state index < -0.39 is 0 Å². The second-order valence-corrected chi connectivity index (χ2v) is 10.4. The van der Waals surface area contributed by atoms with Gasteiger partial charge in [-0.2, -0.15) is 0 Å². The van der Waals surface area contributed by atoms with E-state index >= 15 is 0 Å². The van der Waals surface area contributed by atoms with Gasteiger partial charge in [-0.15, -0.1) is 0 Å². The molecule has 0 unspecified atom stereocenters. The van der Waals surface area contributed by atoms with Crippen LogP contribution in [0.1, 0.15) is 129 Å². The molecular weight excluding hydrogens is 360 g/mol. The molecule has 0 aromatic carbocycles. The maximum Gasteiger partial charge on any atom is 0.509 e. The summed E-state index contributed by atoms with van der Waals surface area (Å²) in [6.45, 7) is 4.49. The largest absolute Gasteiger partial charge is 0.509 e. The van der Waals surface area contributed by atoms with E-state index in [4.69, 9.17) is 9.47 Å². The van der Waals surface area contributed by atoms with E-state index in [1.165, 1.54) is 70.6 Å².